The van der Waals surface area contributed by atoms with Crippen LogP contribution >= 0.6 is 11.8 Å². The van der Waals surface area contributed by atoms with E-state index >= 15 is 0 Å². The van der Waals surface area contributed by atoms with Crippen molar-refractivity contribution < 1.29 is 9.53 Å². The van der Waals surface area contributed by atoms with Crippen molar-refractivity contribution in [3.63, 3.8) is 0 Å². The Kier molecular flexibility index (Phi) is 5.35. The van der Waals surface area contributed by atoms with Crippen molar-refractivity contribution in [2.75, 3.05) is 12.9 Å². The van der Waals surface area contributed by atoms with Gasteiger partial charge < -0.3 is 10.5 Å². The largest absolute Gasteiger partial charge is 0.468 e. The molecule has 1 aromatic rings. The second-order valence-corrected chi connectivity index (χ2v) is 4.66. The maximum Gasteiger partial charge on any atom is 0.323 e. The van der Waals surface area contributed by atoms with Crippen molar-refractivity contribution >= 4 is 17.7 Å². The molecular weight excluding hydrogens is 222 g/mol. The number of carbonyl (C=O) groups excluding carboxylic acids is 1. The van der Waals surface area contributed by atoms with Crippen LogP contribution in [0.4, 0.5) is 0 Å². The summed E-state index contributed by atoms with van der Waals surface area (Å²) in [6.07, 6.45) is 0. The number of nitrogens with two attached hydrogens (primary N) is 1. The topological polar surface area (TPSA) is 52.3 Å². The predicted molar refractivity (Wildman–Crippen MR) is 67.3 cm³/mol. The fourth-order valence-corrected chi connectivity index (χ4v) is 2.25. The fourth-order valence-electron chi connectivity index (χ4n) is 1.33. The van der Waals surface area contributed by atoms with E-state index in [-0.39, 0.29) is 5.97 Å². The molecule has 3 nitrogen and oxygen atoms in total. The minimum absolute atomic E-state index is 0.350. The van der Waals surface area contributed by atoms with Gasteiger partial charge in [-0.1, -0.05) is 29.8 Å². The summed E-state index contributed by atoms with van der Waals surface area (Å²) in [6.45, 7) is 2.06. The van der Waals surface area contributed by atoms with Crippen LogP contribution in [0, 0.1) is 6.92 Å². The van der Waals surface area contributed by atoms with E-state index < -0.39 is 6.04 Å². The first-order valence-corrected chi connectivity index (χ1v) is 6.25. The first kappa shape index (κ1) is 13.1. The van der Waals surface area contributed by atoms with E-state index in [0.29, 0.717) is 5.75 Å². The van der Waals surface area contributed by atoms with Crippen molar-refractivity contribution in [1.29, 1.82) is 0 Å². The Balaban J connectivity index is 2.33. The molecule has 0 radical (unpaired) electrons. The Morgan fingerprint density at radius 1 is 1.56 bits per heavy atom. The molecule has 0 aliphatic carbocycles. The molecule has 0 saturated heterocycles. The first-order valence-electron chi connectivity index (χ1n) is 5.10. The molecule has 1 unspecified atom stereocenters. The highest BCUT2D eigenvalue weighted by Crippen LogP contribution is 2.14. The fraction of sp³-hybridized carbons (Fsp3) is 0.417. The number of thioether (sulfide) groups is 1. The van der Waals surface area contributed by atoms with Crippen LogP contribution in [0.2, 0.25) is 0 Å². The van der Waals surface area contributed by atoms with E-state index in [9.17, 15) is 4.79 Å². The third-order valence-electron chi connectivity index (χ3n) is 2.15. The van der Waals surface area contributed by atoms with E-state index in [1.807, 2.05) is 6.07 Å². The summed E-state index contributed by atoms with van der Waals surface area (Å²) in [4.78, 5) is 11.0. The Morgan fingerprint density at radius 3 is 2.94 bits per heavy atom. The molecule has 0 fully saturated rings. The normalized spacial score (nSPS) is 12.2. The number of hydrogen-bond donors (Lipinski definition) is 1. The lowest BCUT2D eigenvalue weighted by atomic mass is 10.2. The molecule has 0 aliphatic heterocycles. The standard InChI is InChI=1S/C12H17NO2S/c1-9-4-3-5-10(6-9)7-16-8-11(13)12(14)15-2/h3-6,11H,7-8,13H2,1-2H3. The zero-order chi connectivity index (χ0) is 12.0. The minimum Gasteiger partial charge on any atom is -0.468 e. The van der Waals surface area contributed by atoms with Gasteiger partial charge in [0.1, 0.15) is 6.04 Å². The molecule has 0 amide bonds. The van der Waals surface area contributed by atoms with Crippen LogP contribution in [-0.2, 0) is 15.3 Å². The van der Waals surface area contributed by atoms with Crippen LogP contribution in [0.3, 0.4) is 0 Å². The summed E-state index contributed by atoms with van der Waals surface area (Å²) in [5, 5.41) is 0. The Labute approximate surface area is 100 Å². The second kappa shape index (κ2) is 6.55. The molecule has 0 heterocycles. The number of aryl methyl sites for hydroxylation is 1. The van der Waals surface area contributed by atoms with Gasteiger partial charge in [0.2, 0.25) is 0 Å². The maximum atomic E-state index is 11.0. The lowest BCUT2D eigenvalue weighted by molar-refractivity contribution is -0.141. The number of benzene rings is 1. The van der Waals surface area contributed by atoms with Gasteiger partial charge in [0, 0.05) is 11.5 Å². The van der Waals surface area contributed by atoms with Gasteiger partial charge in [-0.3, -0.25) is 4.79 Å². The van der Waals surface area contributed by atoms with Gasteiger partial charge in [0.15, 0.2) is 0 Å². The molecule has 0 spiro atoms. The summed E-state index contributed by atoms with van der Waals surface area (Å²) in [7, 11) is 1.35. The third-order valence-corrected chi connectivity index (χ3v) is 3.28. The number of ether oxygens (including phenoxy) is 1. The van der Waals surface area contributed by atoms with E-state index in [0.717, 1.165) is 5.75 Å². The van der Waals surface area contributed by atoms with E-state index in [2.05, 4.69) is 29.9 Å². The van der Waals surface area contributed by atoms with Crippen LogP contribution in [0.5, 0.6) is 0 Å². The molecular formula is C12H17NO2S. The van der Waals surface area contributed by atoms with E-state index in [4.69, 9.17) is 5.73 Å². The molecule has 0 bridgehead atoms. The lowest BCUT2D eigenvalue weighted by Gasteiger charge is -2.08. The highest BCUT2D eigenvalue weighted by molar-refractivity contribution is 7.98. The van der Waals surface area contributed by atoms with Crippen molar-refractivity contribution in [3.8, 4) is 0 Å². The Bertz CT molecular complexity index is 355. The summed E-state index contributed by atoms with van der Waals surface area (Å²) in [6, 6.07) is 7.78. The SMILES string of the molecule is COC(=O)C(N)CSCc1cccc(C)c1. The zero-order valence-electron chi connectivity index (χ0n) is 9.60. The van der Waals surface area contributed by atoms with Gasteiger partial charge >= 0.3 is 5.97 Å². The minimum atomic E-state index is -0.528. The van der Waals surface area contributed by atoms with E-state index in [1.165, 1.54) is 18.2 Å². The number of rotatable bonds is 5. The maximum absolute atomic E-state index is 11.0. The van der Waals surface area contributed by atoms with Gasteiger partial charge in [-0.25, -0.2) is 0 Å². The van der Waals surface area contributed by atoms with Gasteiger partial charge in [-0.05, 0) is 12.5 Å². The third kappa shape index (κ3) is 4.24. The molecule has 2 N–H and O–H groups in total. The van der Waals surface area contributed by atoms with Gasteiger partial charge in [-0.2, -0.15) is 11.8 Å². The molecule has 1 aromatic carbocycles. The molecule has 4 heteroatoms. The highest BCUT2D eigenvalue weighted by atomic mass is 32.2. The first-order chi connectivity index (χ1) is 7.63. The highest BCUT2D eigenvalue weighted by Gasteiger charge is 2.12. The smallest absolute Gasteiger partial charge is 0.323 e. The average Bonchev–Trinajstić information content (AvgIpc) is 2.28. The number of esters is 1. The summed E-state index contributed by atoms with van der Waals surface area (Å²) in [5.41, 5.74) is 8.12. The van der Waals surface area contributed by atoms with Crippen LogP contribution in [0.15, 0.2) is 24.3 Å². The molecule has 0 aliphatic rings. The Morgan fingerprint density at radius 2 is 2.31 bits per heavy atom. The van der Waals surface area contributed by atoms with Gasteiger partial charge in [0.25, 0.3) is 0 Å². The number of methoxy groups -OCH3 is 1. The lowest BCUT2D eigenvalue weighted by Crippen LogP contribution is -2.33. The van der Waals surface area contributed by atoms with Crippen molar-refractivity contribution in [3.05, 3.63) is 35.4 Å². The van der Waals surface area contributed by atoms with Crippen LogP contribution in [0.1, 0.15) is 11.1 Å². The van der Waals surface area contributed by atoms with E-state index in [1.54, 1.807) is 11.8 Å². The van der Waals surface area contributed by atoms with Crippen molar-refractivity contribution in [2.45, 2.75) is 18.7 Å². The summed E-state index contributed by atoms with van der Waals surface area (Å²) >= 11 is 1.64. The predicted octanol–water partition coefficient (Wildman–Crippen LogP) is 1.73. The molecule has 88 valence electrons. The van der Waals surface area contributed by atoms with Crippen molar-refractivity contribution in [2.24, 2.45) is 5.73 Å². The van der Waals surface area contributed by atoms with Gasteiger partial charge in [-0.15, -0.1) is 0 Å². The second-order valence-electron chi connectivity index (χ2n) is 3.63. The quantitative estimate of drug-likeness (QED) is 0.795. The number of carbonyl (C=O) groups is 1. The summed E-state index contributed by atoms with van der Waals surface area (Å²) < 4.78 is 4.56. The number of hydrogen-bond acceptors (Lipinski definition) is 4. The molecule has 16 heavy (non-hydrogen) atoms. The molecule has 0 saturated carbocycles. The monoisotopic (exact) mass is 239 g/mol. The molecule has 1 rings (SSSR count). The Hall–Kier alpha value is -1.00. The zero-order valence-corrected chi connectivity index (χ0v) is 10.4. The van der Waals surface area contributed by atoms with Crippen LogP contribution in [-0.4, -0.2) is 24.9 Å². The van der Waals surface area contributed by atoms with Crippen LogP contribution < -0.4 is 5.73 Å². The van der Waals surface area contributed by atoms with Crippen LogP contribution in [0.25, 0.3) is 0 Å². The molecule has 1 atom stereocenters. The molecule has 0 aromatic heterocycles. The summed E-state index contributed by atoms with van der Waals surface area (Å²) in [5.74, 6) is 1.10. The average molecular weight is 239 g/mol. The van der Waals surface area contributed by atoms with Crippen molar-refractivity contribution in [1.82, 2.24) is 0 Å². The van der Waals surface area contributed by atoms with Gasteiger partial charge in [0.05, 0.1) is 7.11 Å².